The first kappa shape index (κ1) is 16.7. The Labute approximate surface area is 140 Å². The molecule has 0 N–H and O–H groups in total. The summed E-state index contributed by atoms with van der Waals surface area (Å²) < 4.78 is 7.42. The van der Waals surface area contributed by atoms with Crippen LogP contribution in [0.4, 0.5) is 5.69 Å². The largest absolute Gasteiger partial charge is 0.378 e. The number of halogens is 1. The van der Waals surface area contributed by atoms with Crippen LogP contribution >= 0.6 is 23.7 Å². The Balaban J connectivity index is 0.00000176. The molecule has 22 heavy (non-hydrogen) atoms. The maximum absolute atomic E-state index is 5.42. The van der Waals surface area contributed by atoms with E-state index >= 15 is 0 Å². The molecule has 1 aromatic heterocycles. The molecule has 1 aromatic carbocycles. The number of nitrogens with zero attached hydrogens (tertiary/aromatic N) is 4. The minimum Gasteiger partial charge on any atom is -0.378 e. The van der Waals surface area contributed by atoms with Crippen LogP contribution in [0.15, 0.2) is 51.9 Å². The van der Waals surface area contributed by atoms with Gasteiger partial charge in [0.15, 0.2) is 4.80 Å². The average molecular weight is 339 g/mol. The Hall–Kier alpha value is -1.63. The van der Waals surface area contributed by atoms with Crippen molar-refractivity contribution in [3.8, 4) is 0 Å². The summed E-state index contributed by atoms with van der Waals surface area (Å²) in [6.07, 6.45) is 2.00. The second-order valence-corrected chi connectivity index (χ2v) is 5.63. The molecule has 1 aliphatic rings. The summed E-state index contributed by atoms with van der Waals surface area (Å²) in [4.78, 5) is 12.6. The smallest absolute Gasteiger partial charge is 0.228 e. The minimum atomic E-state index is 0. The van der Waals surface area contributed by atoms with Crippen molar-refractivity contribution < 1.29 is 4.74 Å². The van der Waals surface area contributed by atoms with Crippen molar-refractivity contribution in [2.75, 3.05) is 26.3 Å². The highest BCUT2D eigenvalue weighted by molar-refractivity contribution is 7.07. The van der Waals surface area contributed by atoms with Crippen LogP contribution in [0.2, 0.25) is 0 Å². The zero-order valence-electron chi connectivity index (χ0n) is 12.4. The lowest BCUT2D eigenvalue weighted by Crippen LogP contribution is -2.40. The lowest BCUT2D eigenvalue weighted by atomic mass is 10.3. The summed E-state index contributed by atoms with van der Waals surface area (Å²) in [5, 5.41) is 2.03. The number of rotatable bonds is 1. The van der Waals surface area contributed by atoms with Gasteiger partial charge in [-0.3, -0.25) is 0 Å². The molecule has 0 bridgehead atoms. The van der Waals surface area contributed by atoms with Crippen LogP contribution in [0.5, 0.6) is 0 Å². The van der Waals surface area contributed by atoms with Crippen molar-refractivity contribution in [2.45, 2.75) is 0 Å². The second-order valence-electron chi connectivity index (χ2n) is 4.76. The third-order valence-electron chi connectivity index (χ3n) is 3.23. The van der Waals surface area contributed by atoms with Crippen LogP contribution in [0.25, 0.3) is 0 Å². The van der Waals surface area contributed by atoms with Gasteiger partial charge in [0.2, 0.25) is 5.96 Å². The van der Waals surface area contributed by atoms with Gasteiger partial charge >= 0.3 is 0 Å². The maximum Gasteiger partial charge on any atom is 0.228 e. The first-order valence-electron chi connectivity index (χ1n) is 6.94. The van der Waals surface area contributed by atoms with Crippen LogP contribution in [-0.2, 0) is 11.8 Å². The van der Waals surface area contributed by atoms with Crippen molar-refractivity contribution in [3.63, 3.8) is 0 Å². The molecule has 0 spiro atoms. The van der Waals surface area contributed by atoms with Crippen molar-refractivity contribution in [1.82, 2.24) is 9.47 Å². The van der Waals surface area contributed by atoms with Gasteiger partial charge in [0, 0.05) is 31.7 Å². The summed E-state index contributed by atoms with van der Waals surface area (Å²) in [6.45, 7) is 3.09. The number of aryl methyl sites for hydroxylation is 1. The number of ether oxygens (including phenoxy) is 1. The highest BCUT2D eigenvalue weighted by Crippen LogP contribution is 2.12. The molecule has 118 valence electrons. The predicted molar refractivity (Wildman–Crippen MR) is 92.0 cm³/mol. The molecule has 2 heterocycles. The number of morpholine rings is 1. The first-order chi connectivity index (χ1) is 10.3. The number of hydrogen-bond donors (Lipinski definition) is 0. The van der Waals surface area contributed by atoms with Gasteiger partial charge in [0.25, 0.3) is 0 Å². The normalized spacial score (nSPS) is 16.5. The van der Waals surface area contributed by atoms with Crippen molar-refractivity contribution >= 4 is 35.4 Å². The van der Waals surface area contributed by atoms with E-state index in [1.807, 2.05) is 53.5 Å². The van der Waals surface area contributed by atoms with Gasteiger partial charge in [-0.25, -0.2) is 4.99 Å². The standard InChI is InChI=1S/C15H18N4OS.ClH/c1-18-9-12-21-15(18)17-14(19-7-10-20-11-8-19)16-13-5-3-2-4-6-13;/h2-6,9,12H,7-8,10-11H2,1H3;1H. The van der Waals surface area contributed by atoms with Crippen LogP contribution in [0.1, 0.15) is 0 Å². The van der Waals surface area contributed by atoms with E-state index in [0.29, 0.717) is 0 Å². The second kappa shape index (κ2) is 8.12. The molecule has 1 fully saturated rings. The zero-order valence-corrected chi connectivity index (χ0v) is 14.0. The van der Waals surface area contributed by atoms with Crippen LogP contribution < -0.4 is 4.80 Å². The molecule has 1 saturated heterocycles. The number of para-hydroxylation sites is 1. The van der Waals surface area contributed by atoms with Gasteiger partial charge in [-0.1, -0.05) is 18.2 Å². The van der Waals surface area contributed by atoms with E-state index in [-0.39, 0.29) is 12.4 Å². The van der Waals surface area contributed by atoms with E-state index in [2.05, 4.69) is 4.90 Å². The summed E-state index contributed by atoms with van der Waals surface area (Å²) in [7, 11) is 1.99. The SMILES string of the molecule is Cl.Cn1ccsc1=NC(=Nc1ccccc1)N1CCOCC1. The number of hydrogen-bond acceptors (Lipinski definition) is 3. The monoisotopic (exact) mass is 338 g/mol. The summed E-state index contributed by atoms with van der Waals surface area (Å²) in [5.74, 6) is 0.752. The number of aliphatic imine (C=N–C) groups is 1. The molecular formula is C15H19ClN4OS. The lowest BCUT2D eigenvalue weighted by molar-refractivity contribution is 0.0675. The highest BCUT2D eigenvalue weighted by atomic mass is 35.5. The van der Waals surface area contributed by atoms with Crippen molar-refractivity contribution in [1.29, 1.82) is 0 Å². The molecule has 3 rings (SSSR count). The van der Waals surface area contributed by atoms with Gasteiger partial charge < -0.3 is 14.2 Å². The third-order valence-corrected chi connectivity index (χ3v) is 4.08. The van der Waals surface area contributed by atoms with Crippen LogP contribution in [0, 0.1) is 0 Å². The van der Waals surface area contributed by atoms with Gasteiger partial charge in [-0.15, -0.1) is 23.7 Å². The first-order valence-corrected chi connectivity index (χ1v) is 7.82. The molecular weight excluding hydrogens is 320 g/mol. The number of aromatic nitrogens is 1. The summed E-state index contributed by atoms with van der Waals surface area (Å²) in [5.41, 5.74) is 0.918. The molecule has 0 unspecified atom stereocenters. The van der Waals surface area contributed by atoms with E-state index in [9.17, 15) is 0 Å². The van der Waals surface area contributed by atoms with E-state index in [0.717, 1.165) is 42.8 Å². The fourth-order valence-corrected chi connectivity index (χ4v) is 2.79. The van der Waals surface area contributed by atoms with Crippen LogP contribution in [0.3, 0.4) is 0 Å². The average Bonchev–Trinajstić information content (AvgIpc) is 2.94. The molecule has 1 aliphatic heterocycles. The Kier molecular flexibility index (Phi) is 6.18. The van der Waals surface area contributed by atoms with E-state index in [4.69, 9.17) is 14.7 Å². The fraction of sp³-hybridized carbons (Fsp3) is 0.333. The number of guanidine groups is 1. The molecule has 5 nitrogen and oxygen atoms in total. The predicted octanol–water partition coefficient (Wildman–Crippen LogP) is 2.43. The lowest BCUT2D eigenvalue weighted by Gasteiger charge is -2.27. The minimum absolute atomic E-state index is 0. The van der Waals surface area contributed by atoms with Gasteiger partial charge in [0.1, 0.15) is 0 Å². The summed E-state index contributed by atoms with van der Waals surface area (Å²) >= 11 is 1.61. The Morgan fingerprint density at radius 3 is 2.55 bits per heavy atom. The van der Waals surface area contributed by atoms with Crippen molar-refractivity contribution in [3.05, 3.63) is 46.7 Å². The fourth-order valence-electron chi connectivity index (χ4n) is 2.07. The molecule has 0 atom stereocenters. The maximum atomic E-state index is 5.42. The molecule has 0 aliphatic carbocycles. The zero-order chi connectivity index (χ0) is 14.5. The molecule has 2 aromatic rings. The molecule has 0 radical (unpaired) electrons. The van der Waals surface area contributed by atoms with E-state index < -0.39 is 0 Å². The van der Waals surface area contributed by atoms with Crippen molar-refractivity contribution in [2.24, 2.45) is 17.0 Å². The van der Waals surface area contributed by atoms with Gasteiger partial charge in [0.05, 0.1) is 18.9 Å². The quantitative estimate of drug-likeness (QED) is 0.592. The third kappa shape index (κ3) is 4.19. The van der Waals surface area contributed by atoms with Crippen LogP contribution in [-0.4, -0.2) is 41.7 Å². The highest BCUT2D eigenvalue weighted by Gasteiger charge is 2.15. The Bertz CT molecular complexity index is 674. The molecule has 7 heteroatoms. The topological polar surface area (TPSA) is 42.1 Å². The van der Waals surface area contributed by atoms with E-state index in [1.54, 1.807) is 11.3 Å². The molecule has 0 amide bonds. The summed E-state index contributed by atoms with van der Waals surface area (Å²) in [6, 6.07) is 9.94. The van der Waals surface area contributed by atoms with E-state index in [1.165, 1.54) is 0 Å². The van der Waals surface area contributed by atoms with Gasteiger partial charge in [-0.2, -0.15) is 4.99 Å². The Morgan fingerprint density at radius 1 is 1.18 bits per heavy atom. The van der Waals surface area contributed by atoms with Gasteiger partial charge in [-0.05, 0) is 12.1 Å². The molecule has 0 saturated carbocycles. The Morgan fingerprint density at radius 2 is 1.91 bits per heavy atom. The number of thiazole rings is 1. The number of benzene rings is 1.